The van der Waals surface area contributed by atoms with Crippen molar-refractivity contribution >= 4 is 27.5 Å². The number of nitrogens with one attached hydrogen (secondary N) is 1. The lowest BCUT2D eigenvalue weighted by Gasteiger charge is -2.32. The van der Waals surface area contributed by atoms with Gasteiger partial charge in [-0.25, -0.2) is 8.42 Å². The molecule has 42 heavy (non-hydrogen) atoms. The van der Waals surface area contributed by atoms with E-state index < -0.39 is 28.5 Å². The Bertz CT molecular complexity index is 1470. The third kappa shape index (κ3) is 8.03. The van der Waals surface area contributed by atoms with Crippen molar-refractivity contribution in [3.8, 4) is 11.5 Å². The number of hydrogen-bond acceptors (Lipinski definition) is 6. The predicted octanol–water partition coefficient (Wildman–Crippen LogP) is 4.71. The Morgan fingerprint density at radius 2 is 1.48 bits per heavy atom. The minimum absolute atomic E-state index is 0.0360. The fourth-order valence-corrected chi connectivity index (χ4v) is 5.72. The molecule has 3 aromatic carbocycles. The van der Waals surface area contributed by atoms with Gasteiger partial charge >= 0.3 is 0 Å². The van der Waals surface area contributed by atoms with E-state index >= 15 is 0 Å². The van der Waals surface area contributed by atoms with E-state index in [1.54, 1.807) is 56.5 Å². The van der Waals surface area contributed by atoms with Gasteiger partial charge in [0.1, 0.15) is 24.1 Å². The maximum atomic E-state index is 14.1. The van der Waals surface area contributed by atoms with E-state index in [-0.39, 0.29) is 29.0 Å². The highest BCUT2D eigenvalue weighted by atomic mass is 32.2. The van der Waals surface area contributed by atoms with Gasteiger partial charge in [0.25, 0.3) is 10.0 Å². The zero-order valence-corrected chi connectivity index (χ0v) is 26.2. The van der Waals surface area contributed by atoms with Crippen molar-refractivity contribution < 1.29 is 27.5 Å². The van der Waals surface area contributed by atoms with Crippen molar-refractivity contribution in [1.82, 2.24) is 10.2 Å². The molecule has 10 heteroatoms. The quantitative estimate of drug-likeness (QED) is 0.307. The molecule has 0 saturated carbocycles. The first-order valence-electron chi connectivity index (χ1n) is 13.8. The molecule has 0 saturated heterocycles. The molecule has 0 radical (unpaired) electrons. The molecule has 0 unspecified atom stereocenters. The van der Waals surface area contributed by atoms with Crippen LogP contribution in [0.1, 0.15) is 37.5 Å². The standard InChI is InChI=1S/C32H41N3O6S/c1-22(2)19-33-32(37)25(5)34(20-26-11-13-27(40-6)14-12-26)31(36)21-35(29-18-24(4)10-17-30(29)41-7)42(38,39)28-15-8-23(3)9-16-28/h8-18,22,25H,19-21H2,1-7H3,(H,33,37)/t25-/m1/s1. The molecule has 1 atom stereocenters. The van der Waals surface area contributed by atoms with Gasteiger partial charge in [0, 0.05) is 13.1 Å². The molecule has 226 valence electrons. The minimum Gasteiger partial charge on any atom is -0.497 e. The Hall–Kier alpha value is -4.05. The van der Waals surface area contributed by atoms with E-state index in [9.17, 15) is 18.0 Å². The lowest BCUT2D eigenvalue weighted by Crippen LogP contribution is -2.51. The average molecular weight is 596 g/mol. The number of hydrogen-bond donors (Lipinski definition) is 1. The van der Waals surface area contributed by atoms with Crippen molar-refractivity contribution in [2.24, 2.45) is 5.92 Å². The topological polar surface area (TPSA) is 105 Å². The molecule has 1 N–H and O–H groups in total. The van der Waals surface area contributed by atoms with E-state index in [2.05, 4.69) is 5.32 Å². The van der Waals surface area contributed by atoms with Crippen molar-refractivity contribution in [3.05, 3.63) is 83.4 Å². The number of carbonyl (C=O) groups excluding carboxylic acids is 2. The second-order valence-corrected chi connectivity index (χ2v) is 12.5. The summed E-state index contributed by atoms with van der Waals surface area (Å²) in [6.45, 7) is 9.28. The number of anilines is 1. The van der Waals surface area contributed by atoms with Crippen LogP contribution in [-0.4, -0.2) is 58.5 Å². The maximum Gasteiger partial charge on any atom is 0.264 e. The third-order valence-electron chi connectivity index (χ3n) is 6.85. The average Bonchev–Trinajstić information content (AvgIpc) is 2.97. The van der Waals surface area contributed by atoms with Crippen LogP contribution in [0, 0.1) is 19.8 Å². The highest BCUT2D eigenvalue weighted by Gasteiger charge is 2.34. The van der Waals surface area contributed by atoms with Gasteiger partial charge in [-0.3, -0.25) is 13.9 Å². The molecule has 0 spiro atoms. The van der Waals surface area contributed by atoms with Crippen LogP contribution in [0.2, 0.25) is 0 Å². The molecule has 0 heterocycles. The van der Waals surface area contributed by atoms with Crippen LogP contribution in [0.15, 0.2) is 71.6 Å². The van der Waals surface area contributed by atoms with Gasteiger partial charge in [0.05, 0.1) is 24.8 Å². The first-order valence-corrected chi connectivity index (χ1v) is 15.3. The molecule has 0 fully saturated rings. The van der Waals surface area contributed by atoms with Gasteiger partial charge in [-0.1, -0.05) is 49.7 Å². The van der Waals surface area contributed by atoms with E-state index in [1.165, 1.54) is 24.1 Å². The Kier molecular flexibility index (Phi) is 11.0. The Morgan fingerprint density at radius 3 is 2.05 bits per heavy atom. The summed E-state index contributed by atoms with van der Waals surface area (Å²) >= 11 is 0. The van der Waals surface area contributed by atoms with Gasteiger partial charge in [0.2, 0.25) is 11.8 Å². The van der Waals surface area contributed by atoms with Gasteiger partial charge < -0.3 is 19.7 Å². The van der Waals surface area contributed by atoms with E-state index in [0.29, 0.717) is 18.0 Å². The van der Waals surface area contributed by atoms with Crippen molar-refractivity contribution in [2.45, 2.75) is 52.1 Å². The zero-order chi connectivity index (χ0) is 31.0. The lowest BCUT2D eigenvalue weighted by atomic mass is 10.1. The summed E-state index contributed by atoms with van der Waals surface area (Å²) in [5.41, 5.74) is 2.68. The molecule has 9 nitrogen and oxygen atoms in total. The largest absolute Gasteiger partial charge is 0.497 e. The number of ether oxygens (including phenoxy) is 2. The molecular formula is C32H41N3O6S. The summed E-state index contributed by atoms with van der Waals surface area (Å²) in [6, 6.07) is 17.9. The van der Waals surface area contributed by atoms with Crippen LogP contribution in [0.5, 0.6) is 11.5 Å². The number of nitrogens with zero attached hydrogens (tertiary/aromatic N) is 2. The SMILES string of the molecule is COc1ccc(CN(C(=O)CN(c2cc(C)ccc2OC)S(=O)(=O)c2ccc(C)cc2)[C@H](C)C(=O)NCC(C)C)cc1. The number of benzene rings is 3. The molecule has 0 aliphatic carbocycles. The number of methoxy groups -OCH3 is 2. The normalized spacial score (nSPS) is 12.0. The Balaban J connectivity index is 2.07. The number of aryl methyl sites for hydroxylation is 2. The van der Waals surface area contributed by atoms with Crippen molar-refractivity contribution in [3.63, 3.8) is 0 Å². The second-order valence-electron chi connectivity index (χ2n) is 10.7. The maximum absolute atomic E-state index is 14.1. The summed E-state index contributed by atoms with van der Waals surface area (Å²) in [5, 5.41) is 2.89. The molecule has 0 aromatic heterocycles. The lowest BCUT2D eigenvalue weighted by molar-refractivity contribution is -0.139. The van der Waals surface area contributed by atoms with E-state index in [1.807, 2.05) is 39.8 Å². The van der Waals surface area contributed by atoms with Gasteiger partial charge in [-0.2, -0.15) is 0 Å². The zero-order valence-electron chi connectivity index (χ0n) is 25.4. The fourth-order valence-electron chi connectivity index (χ4n) is 4.31. The number of rotatable bonds is 13. The molecule has 2 amide bonds. The first kappa shape index (κ1) is 32.5. The summed E-state index contributed by atoms with van der Waals surface area (Å²) in [6.07, 6.45) is 0. The Labute approximate surface area is 249 Å². The molecular weight excluding hydrogens is 554 g/mol. The van der Waals surface area contributed by atoms with Crippen LogP contribution in [0.25, 0.3) is 0 Å². The highest BCUT2D eigenvalue weighted by Crippen LogP contribution is 2.34. The van der Waals surface area contributed by atoms with E-state index in [4.69, 9.17) is 9.47 Å². The smallest absolute Gasteiger partial charge is 0.264 e. The monoisotopic (exact) mass is 595 g/mol. The van der Waals surface area contributed by atoms with Crippen molar-refractivity contribution in [1.29, 1.82) is 0 Å². The van der Waals surface area contributed by atoms with Crippen LogP contribution in [0.4, 0.5) is 5.69 Å². The van der Waals surface area contributed by atoms with E-state index in [0.717, 1.165) is 21.0 Å². The molecule has 3 rings (SSSR count). The molecule has 3 aromatic rings. The van der Waals surface area contributed by atoms with Crippen LogP contribution < -0.4 is 19.1 Å². The summed E-state index contributed by atoms with van der Waals surface area (Å²) in [5.74, 6) is 0.300. The molecule has 0 aliphatic heterocycles. The number of amides is 2. The predicted molar refractivity (Wildman–Crippen MR) is 164 cm³/mol. The van der Waals surface area contributed by atoms with Gasteiger partial charge in [0.15, 0.2) is 0 Å². The summed E-state index contributed by atoms with van der Waals surface area (Å²) < 4.78 is 40.0. The molecule has 0 bridgehead atoms. The van der Waals surface area contributed by atoms with Gasteiger partial charge in [-0.05, 0) is 74.2 Å². The third-order valence-corrected chi connectivity index (χ3v) is 8.63. The fraction of sp³-hybridized carbons (Fsp3) is 0.375. The summed E-state index contributed by atoms with van der Waals surface area (Å²) in [7, 11) is -1.20. The van der Waals surface area contributed by atoms with Crippen LogP contribution >= 0.6 is 0 Å². The van der Waals surface area contributed by atoms with Crippen molar-refractivity contribution in [2.75, 3.05) is 31.6 Å². The van der Waals surface area contributed by atoms with Gasteiger partial charge in [-0.15, -0.1) is 0 Å². The Morgan fingerprint density at radius 1 is 0.857 bits per heavy atom. The number of sulfonamides is 1. The first-order chi connectivity index (χ1) is 19.9. The van der Waals surface area contributed by atoms with Crippen LogP contribution in [0.3, 0.4) is 0 Å². The second kappa shape index (κ2) is 14.2. The minimum atomic E-state index is -4.21. The highest BCUT2D eigenvalue weighted by molar-refractivity contribution is 7.92. The molecule has 0 aliphatic rings. The number of carbonyl (C=O) groups is 2. The van der Waals surface area contributed by atoms with Crippen LogP contribution in [-0.2, 0) is 26.2 Å². The summed E-state index contributed by atoms with van der Waals surface area (Å²) in [4.78, 5) is 28.7.